The summed E-state index contributed by atoms with van der Waals surface area (Å²) in [6.45, 7) is 0.775. The fourth-order valence-corrected chi connectivity index (χ4v) is 2.39. The molecule has 0 radical (unpaired) electrons. The lowest BCUT2D eigenvalue weighted by atomic mass is 10.1. The third-order valence-electron chi connectivity index (χ3n) is 3.59. The summed E-state index contributed by atoms with van der Waals surface area (Å²) in [5.41, 5.74) is 2.69. The van der Waals surface area contributed by atoms with Crippen LogP contribution < -0.4 is 9.47 Å². The van der Waals surface area contributed by atoms with Crippen molar-refractivity contribution in [3.05, 3.63) is 65.2 Å². The zero-order valence-corrected chi connectivity index (χ0v) is 14.6. The summed E-state index contributed by atoms with van der Waals surface area (Å²) in [5.74, 6) is 1.55. The van der Waals surface area contributed by atoms with Gasteiger partial charge in [-0.05, 0) is 62.1 Å². The molecular formula is C20H23NO3. The van der Waals surface area contributed by atoms with Crippen LogP contribution in [0.25, 0.3) is 6.08 Å². The van der Waals surface area contributed by atoms with Gasteiger partial charge >= 0.3 is 0 Å². The van der Waals surface area contributed by atoms with E-state index in [4.69, 9.17) is 9.47 Å². The van der Waals surface area contributed by atoms with Gasteiger partial charge in [-0.15, -0.1) is 0 Å². The number of carbonyl (C=O) groups excluding carboxylic acids is 1. The van der Waals surface area contributed by atoms with E-state index in [1.54, 1.807) is 44.6 Å². The number of nitrogens with zero attached hydrogens (tertiary/aromatic N) is 1. The van der Waals surface area contributed by atoms with Crippen molar-refractivity contribution >= 4 is 11.9 Å². The lowest BCUT2D eigenvalue weighted by molar-refractivity contribution is 0.104. The normalized spacial score (nSPS) is 11.0. The topological polar surface area (TPSA) is 38.8 Å². The molecule has 0 fully saturated rings. The van der Waals surface area contributed by atoms with Gasteiger partial charge in [-0.25, -0.2) is 0 Å². The maximum absolute atomic E-state index is 12.2. The molecule has 0 saturated heterocycles. The minimum absolute atomic E-state index is 0.0392. The second-order valence-electron chi connectivity index (χ2n) is 5.74. The molecule has 4 nitrogen and oxygen atoms in total. The number of rotatable bonds is 7. The number of hydrogen-bond acceptors (Lipinski definition) is 4. The minimum Gasteiger partial charge on any atom is -0.497 e. The van der Waals surface area contributed by atoms with Crippen LogP contribution in [0.3, 0.4) is 0 Å². The van der Waals surface area contributed by atoms with Crippen molar-refractivity contribution in [1.82, 2.24) is 4.90 Å². The molecule has 24 heavy (non-hydrogen) atoms. The van der Waals surface area contributed by atoms with Gasteiger partial charge in [-0.1, -0.05) is 12.1 Å². The maximum Gasteiger partial charge on any atom is 0.185 e. The molecule has 0 spiro atoms. The molecule has 0 aromatic heterocycles. The summed E-state index contributed by atoms with van der Waals surface area (Å²) < 4.78 is 10.5. The quantitative estimate of drug-likeness (QED) is 0.575. The molecule has 2 aromatic rings. The van der Waals surface area contributed by atoms with E-state index >= 15 is 0 Å². The van der Waals surface area contributed by atoms with Crippen LogP contribution in [0.4, 0.5) is 0 Å². The predicted molar refractivity (Wildman–Crippen MR) is 96.7 cm³/mol. The SMILES string of the molecule is COc1ccc(C(=O)C=Cc2ccc(OC)c(CN(C)C)c2)cc1. The first kappa shape index (κ1) is 17.8. The van der Waals surface area contributed by atoms with E-state index in [-0.39, 0.29) is 5.78 Å². The van der Waals surface area contributed by atoms with Crippen molar-refractivity contribution in [3.8, 4) is 11.5 Å². The van der Waals surface area contributed by atoms with Gasteiger partial charge in [0, 0.05) is 17.7 Å². The molecule has 0 saturated carbocycles. The highest BCUT2D eigenvalue weighted by Crippen LogP contribution is 2.22. The van der Waals surface area contributed by atoms with Crippen molar-refractivity contribution in [2.24, 2.45) is 0 Å². The molecule has 0 atom stereocenters. The Kier molecular flexibility index (Phi) is 6.15. The summed E-state index contributed by atoms with van der Waals surface area (Å²) >= 11 is 0. The molecule has 0 aliphatic carbocycles. The van der Waals surface area contributed by atoms with Crippen LogP contribution >= 0.6 is 0 Å². The molecular weight excluding hydrogens is 302 g/mol. The van der Waals surface area contributed by atoms with E-state index in [2.05, 4.69) is 4.90 Å². The average molecular weight is 325 g/mol. The van der Waals surface area contributed by atoms with Crippen molar-refractivity contribution in [2.45, 2.75) is 6.54 Å². The van der Waals surface area contributed by atoms with Crippen LogP contribution in [0, 0.1) is 0 Å². The molecule has 0 aliphatic rings. The van der Waals surface area contributed by atoms with Crippen molar-refractivity contribution in [1.29, 1.82) is 0 Å². The first-order valence-corrected chi connectivity index (χ1v) is 7.71. The molecule has 0 N–H and O–H groups in total. The van der Waals surface area contributed by atoms with Gasteiger partial charge in [0.2, 0.25) is 0 Å². The molecule has 126 valence electrons. The second kappa shape index (κ2) is 8.31. The zero-order chi connectivity index (χ0) is 17.5. The minimum atomic E-state index is -0.0392. The summed E-state index contributed by atoms with van der Waals surface area (Å²) in [6, 6.07) is 13.0. The number of carbonyl (C=O) groups is 1. The fraction of sp³-hybridized carbons (Fsp3) is 0.250. The van der Waals surface area contributed by atoms with Gasteiger partial charge in [0.05, 0.1) is 14.2 Å². The Morgan fingerprint density at radius 3 is 2.33 bits per heavy atom. The zero-order valence-electron chi connectivity index (χ0n) is 14.6. The third kappa shape index (κ3) is 4.70. The first-order valence-electron chi connectivity index (χ1n) is 7.71. The lowest BCUT2D eigenvalue weighted by Gasteiger charge is -2.14. The first-order chi connectivity index (χ1) is 11.5. The van der Waals surface area contributed by atoms with Crippen LogP contribution in [-0.2, 0) is 6.54 Å². The van der Waals surface area contributed by atoms with Gasteiger partial charge < -0.3 is 14.4 Å². The van der Waals surface area contributed by atoms with E-state index in [0.717, 1.165) is 29.2 Å². The molecule has 0 aliphatic heterocycles. The summed E-state index contributed by atoms with van der Waals surface area (Å²) in [7, 11) is 7.28. The number of allylic oxidation sites excluding steroid dienone is 1. The molecule has 0 bridgehead atoms. The molecule has 2 rings (SSSR count). The summed E-state index contributed by atoms with van der Waals surface area (Å²) in [5, 5.41) is 0. The summed E-state index contributed by atoms with van der Waals surface area (Å²) in [4.78, 5) is 14.3. The number of benzene rings is 2. The second-order valence-corrected chi connectivity index (χ2v) is 5.74. The summed E-state index contributed by atoms with van der Waals surface area (Å²) in [6.07, 6.45) is 3.41. The Bertz CT molecular complexity index is 718. The van der Waals surface area contributed by atoms with E-state index < -0.39 is 0 Å². The highest BCUT2D eigenvalue weighted by atomic mass is 16.5. The monoisotopic (exact) mass is 325 g/mol. The van der Waals surface area contributed by atoms with E-state index in [1.807, 2.05) is 38.4 Å². The van der Waals surface area contributed by atoms with Crippen LogP contribution in [0.5, 0.6) is 11.5 Å². The van der Waals surface area contributed by atoms with Crippen LogP contribution in [0.2, 0.25) is 0 Å². The Labute approximate surface area is 143 Å². The highest BCUT2D eigenvalue weighted by molar-refractivity contribution is 6.06. The Morgan fingerprint density at radius 1 is 1.04 bits per heavy atom. The predicted octanol–water partition coefficient (Wildman–Crippen LogP) is 3.66. The number of ether oxygens (including phenoxy) is 2. The largest absolute Gasteiger partial charge is 0.497 e. The van der Waals surface area contributed by atoms with Crippen molar-refractivity contribution in [3.63, 3.8) is 0 Å². The average Bonchev–Trinajstić information content (AvgIpc) is 2.59. The maximum atomic E-state index is 12.2. The van der Waals surface area contributed by atoms with E-state index in [0.29, 0.717) is 5.56 Å². The van der Waals surface area contributed by atoms with Crippen LogP contribution in [0.1, 0.15) is 21.5 Å². The van der Waals surface area contributed by atoms with E-state index in [1.165, 1.54) is 0 Å². The van der Waals surface area contributed by atoms with Crippen LogP contribution in [-0.4, -0.2) is 39.0 Å². The molecule has 0 heterocycles. The highest BCUT2D eigenvalue weighted by Gasteiger charge is 2.06. The molecule has 2 aromatic carbocycles. The number of hydrogen-bond donors (Lipinski definition) is 0. The van der Waals surface area contributed by atoms with Crippen molar-refractivity contribution in [2.75, 3.05) is 28.3 Å². The van der Waals surface area contributed by atoms with Gasteiger partial charge in [-0.3, -0.25) is 4.79 Å². The molecule has 4 heteroatoms. The Balaban J connectivity index is 2.16. The molecule has 0 amide bonds. The van der Waals surface area contributed by atoms with Crippen LogP contribution in [0.15, 0.2) is 48.5 Å². The third-order valence-corrected chi connectivity index (χ3v) is 3.59. The van der Waals surface area contributed by atoms with Gasteiger partial charge in [0.1, 0.15) is 11.5 Å². The van der Waals surface area contributed by atoms with Crippen molar-refractivity contribution < 1.29 is 14.3 Å². The number of methoxy groups -OCH3 is 2. The van der Waals surface area contributed by atoms with E-state index in [9.17, 15) is 4.79 Å². The smallest absolute Gasteiger partial charge is 0.185 e. The number of ketones is 1. The Hall–Kier alpha value is -2.59. The molecule has 0 unspecified atom stereocenters. The standard InChI is InChI=1S/C20H23NO3/c1-21(2)14-17-13-15(6-12-20(17)24-4)5-11-19(22)16-7-9-18(23-3)10-8-16/h5-13H,14H2,1-4H3. The van der Waals surface area contributed by atoms with Gasteiger partial charge in [0.15, 0.2) is 5.78 Å². The Morgan fingerprint density at radius 2 is 1.75 bits per heavy atom. The lowest BCUT2D eigenvalue weighted by Crippen LogP contribution is -2.11. The van der Waals surface area contributed by atoms with Gasteiger partial charge in [-0.2, -0.15) is 0 Å². The fourth-order valence-electron chi connectivity index (χ4n) is 2.39. The van der Waals surface area contributed by atoms with Gasteiger partial charge in [0.25, 0.3) is 0 Å².